The first-order chi connectivity index (χ1) is 19.3. The summed E-state index contributed by atoms with van der Waals surface area (Å²) in [7, 11) is 0. The number of halogens is 1. The lowest BCUT2D eigenvalue weighted by Gasteiger charge is -2.24. The van der Waals surface area contributed by atoms with Crippen molar-refractivity contribution >= 4 is 39.2 Å². The molecule has 0 radical (unpaired) electrons. The van der Waals surface area contributed by atoms with Crippen LogP contribution in [-0.2, 0) is 0 Å². The van der Waals surface area contributed by atoms with Crippen LogP contribution in [0.3, 0.4) is 0 Å². The van der Waals surface area contributed by atoms with Gasteiger partial charge in [0, 0.05) is 40.3 Å². The molecule has 4 aromatic heterocycles. The molecule has 8 nitrogen and oxygen atoms in total. The summed E-state index contributed by atoms with van der Waals surface area (Å²) in [5.74, 6) is 0.345. The number of anilines is 1. The molecule has 2 aromatic carbocycles. The molecule has 0 amide bonds. The number of rotatable bonds is 5. The average molecular weight is 549 g/mol. The van der Waals surface area contributed by atoms with E-state index in [1.54, 1.807) is 10.8 Å². The standard InChI is InChI=1S/C31H25ClN6O2/c1-17-12-13-21(18(2)36-17)22-10-7-11-23-25(22)31(40)38(20-8-5-4-6-9-20)28(27(23)32)19(3)37-30-26-24(39)14-15-33-29(26)34-16-35-30/h4-16,19H,1-3H3,(H2,33,34,35,37,39)/t19-/m0/s1. The van der Waals surface area contributed by atoms with Crippen molar-refractivity contribution in [2.45, 2.75) is 26.8 Å². The number of nitrogens with one attached hydrogen (secondary N) is 2. The van der Waals surface area contributed by atoms with Gasteiger partial charge in [0.15, 0.2) is 5.43 Å². The minimum Gasteiger partial charge on any atom is -0.361 e. The van der Waals surface area contributed by atoms with E-state index in [-0.39, 0.29) is 11.0 Å². The molecule has 9 heteroatoms. The van der Waals surface area contributed by atoms with Gasteiger partial charge in [-0.3, -0.25) is 19.1 Å². The second-order valence-corrected chi connectivity index (χ2v) is 10.0. The van der Waals surface area contributed by atoms with Crippen molar-refractivity contribution in [3.05, 3.63) is 122 Å². The maximum absolute atomic E-state index is 14.5. The highest BCUT2D eigenvalue weighted by Gasteiger charge is 2.24. The molecule has 4 heterocycles. The van der Waals surface area contributed by atoms with Gasteiger partial charge in [-0.1, -0.05) is 54.1 Å². The summed E-state index contributed by atoms with van der Waals surface area (Å²) in [6.07, 6.45) is 2.92. The Labute approximate surface area is 234 Å². The molecule has 0 unspecified atom stereocenters. The van der Waals surface area contributed by atoms with Crippen molar-refractivity contribution in [2.24, 2.45) is 0 Å². The van der Waals surface area contributed by atoms with Gasteiger partial charge in [-0.05, 0) is 44.5 Å². The van der Waals surface area contributed by atoms with Crippen LogP contribution in [0, 0.1) is 13.8 Å². The Morgan fingerprint density at radius 1 is 0.900 bits per heavy atom. The highest BCUT2D eigenvalue weighted by Crippen LogP contribution is 2.37. The van der Waals surface area contributed by atoms with E-state index in [0.29, 0.717) is 44.0 Å². The Hall–Kier alpha value is -4.82. The zero-order valence-electron chi connectivity index (χ0n) is 22.1. The number of hydrogen-bond donors (Lipinski definition) is 2. The van der Waals surface area contributed by atoms with E-state index >= 15 is 0 Å². The minimum absolute atomic E-state index is 0.213. The van der Waals surface area contributed by atoms with Crippen LogP contribution in [0.15, 0.2) is 88.8 Å². The maximum atomic E-state index is 14.5. The smallest absolute Gasteiger partial charge is 0.263 e. The summed E-state index contributed by atoms with van der Waals surface area (Å²) in [6, 6.07) is 19.9. The molecular weight excluding hydrogens is 524 g/mol. The number of para-hydroxylation sites is 1. The molecule has 6 rings (SSSR count). The normalized spacial score (nSPS) is 12.1. The van der Waals surface area contributed by atoms with Gasteiger partial charge in [0.1, 0.15) is 23.2 Å². The van der Waals surface area contributed by atoms with E-state index in [0.717, 1.165) is 22.5 Å². The molecule has 0 aliphatic carbocycles. The molecule has 0 aliphatic heterocycles. The topological polar surface area (TPSA) is 106 Å². The Kier molecular flexibility index (Phi) is 6.40. The van der Waals surface area contributed by atoms with Crippen molar-refractivity contribution < 1.29 is 0 Å². The summed E-state index contributed by atoms with van der Waals surface area (Å²) < 4.78 is 1.64. The molecule has 198 valence electrons. The second-order valence-electron chi connectivity index (χ2n) is 9.64. The number of fused-ring (bicyclic) bond motifs is 2. The lowest BCUT2D eigenvalue weighted by atomic mass is 9.96. The number of aromatic nitrogens is 5. The van der Waals surface area contributed by atoms with E-state index in [2.05, 4.69) is 25.3 Å². The average Bonchev–Trinajstić information content (AvgIpc) is 2.95. The van der Waals surface area contributed by atoms with E-state index < -0.39 is 6.04 Å². The Balaban J connectivity index is 1.63. The van der Waals surface area contributed by atoms with Crippen molar-refractivity contribution in [2.75, 3.05) is 5.32 Å². The van der Waals surface area contributed by atoms with E-state index in [1.165, 1.54) is 12.4 Å². The molecule has 40 heavy (non-hydrogen) atoms. The molecule has 0 saturated heterocycles. The van der Waals surface area contributed by atoms with E-state index in [1.807, 2.05) is 81.4 Å². The van der Waals surface area contributed by atoms with Crippen molar-refractivity contribution in [1.29, 1.82) is 0 Å². The number of hydrogen-bond acceptors (Lipinski definition) is 6. The van der Waals surface area contributed by atoms with Gasteiger partial charge in [-0.2, -0.15) is 0 Å². The molecule has 6 aromatic rings. The van der Waals surface area contributed by atoms with Gasteiger partial charge in [0.05, 0.1) is 22.1 Å². The molecule has 0 aliphatic rings. The minimum atomic E-state index is -0.519. The van der Waals surface area contributed by atoms with Gasteiger partial charge < -0.3 is 10.3 Å². The summed E-state index contributed by atoms with van der Waals surface area (Å²) in [6.45, 7) is 5.76. The van der Waals surface area contributed by atoms with Crippen molar-refractivity contribution in [3.8, 4) is 16.8 Å². The third-order valence-electron chi connectivity index (χ3n) is 7.03. The molecular formula is C31H25ClN6O2. The fourth-order valence-corrected chi connectivity index (χ4v) is 5.63. The van der Waals surface area contributed by atoms with Crippen LogP contribution in [0.25, 0.3) is 38.6 Å². The van der Waals surface area contributed by atoms with Gasteiger partial charge in [-0.25, -0.2) is 9.97 Å². The van der Waals surface area contributed by atoms with Gasteiger partial charge in [0.25, 0.3) is 5.56 Å². The SMILES string of the molecule is Cc1ccc(-c2cccc3c(Cl)c([C@H](C)Nc4ncnc5[nH]ccc(=O)c45)n(-c4ccccc4)c(=O)c23)c(C)n1. The second kappa shape index (κ2) is 10.1. The maximum Gasteiger partial charge on any atom is 0.263 e. The van der Waals surface area contributed by atoms with Crippen LogP contribution in [0.2, 0.25) is 5.02 Å². The van der Waals surface area contributed by atoms with Crippen LogP contribution < -0.4 is 16.3 Å². The van der Waals surface area contributed by atoms with Crippen LogP contribution in [0.1, 0.15) is 30.0 Å². The van der Waals surface area contributed by atoms with Crippen LogP contribution in [0.5, 0.6) is 0 Å². The highest BCUT2D eigenvalue weighted by molar-refractivity contribution is 6.36. The predicted molar refractivity (Wildman–Crippen MR) is 159 cm³/mol. The largest absolute Gasteiger partial charge is 0.361 e. The van der Waals surface area contributed by atoms with E-state index in [9.17, 15) is 9.59 Å². The van der Waals surface area contributed by atoms with Gasteiger partial charge in [0.2, 0.25) is 0 Å². The van der Waals surface area contributed by atoms with Crippen LogP contribution in [0.4, 0.5) is 5.82 Å². The Morgan fingerprint density at radius 2 is 1.70 bits per heavy atom. The number of aryl methyl sites for hydroxylation is 2. The molecule has 0 spiro atoms. The summed E-state index contributed by atoms with van der Waals surface area (Å²) in [4.78, 5) is 43.3. The molecule has 0 fully saturated rings. The quantitative estimate of drug-likeness (QED) is 0.268. The van der Waals surface area contributed by atoms with Gasteiger partial charge in [-0.15, -0.1) is 0 Å². The first-order valence-electron chi connectivity index (χ1n) is 12.8. The lowest BCUT2D eigenvalue weighted by molar-refractivity contribution is 0.774. The molecule has 1 atom stereocenters. The Bertz CT molecular complexity index is 2030. The monoisotopic (exact) mass is 548 g/mol. The predicted octanol–water partition coefficient (Wildman–Crippen LogP) is 6.13. The molecule has 2 N–H and O–H groups in total. The number of benzene rings is 2. The zero-order valence-corrected chi connectivity index (χ0v) is 22.8. The third kappa shape index (κ3) is 4.23. The fourth-order valence-electron chi connectivity index (χ4n) is 5.23. The van der Waals surface area contributed by atoms with Crippen molar-refractivity contribution in [3.63, 3.8) is 0 Å². The summed E-state index contributed by atoms with van der Waals surface area (Å²) >= 11 is 7.19. The summed E-state index contributed by atoms with van der Waals surface area (Å²) in [5.41, 5.74) is 4.55. The number of H-pyrrole nitrogens is 1. The van der Waals surface area contributed by atoms with E-state index in [4.69, 9.17) is 11.6 Å². The lowest BCUT2D eigenvalue weighted by Crippen LogP contribution is -2.27. The number of aromatic amines is 1. The number of pyridine rings is 3. The molecule has 0 bridgehead atoms. The van der Waals surface area contributed by atoms with Crippen LogP contribution >= 0.6 is 11.6 Å². The van der Waals surface area contributed by atoms with Crippen LogP contribution in [-0.4, -0.2) is 24.5 Å². The fraction of sp³-hybridized carbons (Fsp3) is 0.129. The summed E-state index contributed by atoms with van der Waals surface area (Å²) in [5, 5.41) is 5.20. The molecule has 0 saturated carbocycles. The third-order valence-corrected chi connectivity index (χ3v) is 7.42. The van der Waals surface area contributed by atoms with Gasteiger partial charge >= 0.3 is 0 Å². The zero-order chi connectivity index (χ0) is 28.0. The first kappa shape index (κ1) is 25.5. The highest BCUT2D eigenvalue weighted by atomic mass is 35.5. The Morgan fingerprint density at radius 3 is 2.48 bits per heavy atom. The number of nitrogens with zero attached hydrogens (tertiary/aromatic N) is 4. The first-order valence-corrected chi connectivity index (χ1v) is 13.2. The van der Waals surface area contributed by atoms with Crippen molar-refractivity contribution in [1.82, 2.24) is 24.5 Å².